The molecule has 0 aliphatic carbocycles. The van der Waals surface area contributed by atoms with Crippen molar-refractivity contribution in [3.63, 3.8) is 0 Å². The summed E-state index contributed by atoms with van der Waals surface area (Å²) in [5.74, 6) is -0.382. The minimum Gasteiger partial charge on any atom is -0.385 e. The van der Waals surface area contributed by atoms with E-state index in [1.165, 1.54) is 24.3 Å². The number of methoxy groups -OCH3 is 1. The van der Waals surface area contributed by atoms with Gasteiger partial charge in [-0.15, -0.1) is 0 Å². The lowest BCUT2D eigenvalue weighted by Crippen LogP contribution is -2.48. The van der Waals surface area contributed by atoms with Crippen molar-refractivity contribution in [2.45, 2.75) is 23.8 Å². The van der Waals surface area contributed by atoms with E-state index in [1.54, 1.807) is 7.11 Å². The van der Waals surface area contributed by atoms with Crippen molar-refractivity contribution in [3.05, 3.63) is 65.2 Å². The Balaban J connectivity index is 2.15. The molecule has 27 heavy (non-hydrogen) atoms. The van der Waals surface area contributed by atoms with Gasteiger partial charge in [0, 0.05) is 25.3 Å². The molecule has 2 rings (SSSR count). The average molecular weight is 411 g/mol. The molecule has 6 nitrogen and oxygen atoms in total. The summed E-state index contributed by atoms with van der Waals surface area (Å²) in [4.78, 5) is 12.6. The van der Waals surface area contributed by atoms with Crippen LogP contribution in [0.2, 0.25) is 5.02 Å². The van der Waals surface area contributed by atoms with Gasteiger partial charge in [0.2, 0.25) is 15.9 Å². The first-order valence-corrected chi connectivity index (χ1v) is 10.4. The maximum absolute atomic E-state index is 12.7. The van der Waals surface area contributed by atoms with Crippen LogP contribution in [0.1, 0.15) is 12.0 Å². The maximum Gasteiger partial charge on any atom is 0.241 e. The van der Waals surface area contributed by atoms with E-state index in [2.05, 4.69) is 10.0 Å². The van der Waals surface area contributed by atoms with Crippen molar-refractivity contribution in [1.29, 1.82) is 0 Å². The van der Waals surface area contributed by atoms with Crippen LogP contribution in [0.25, 0.3) is 0 Å². The molecule has 1 atom stereocenters. The molecule has 0 heterocycles. The lowest BCUT2D eigenvalue weighted by atomic mass is 10.1. The Kier molecular flexibility index (Phi) is 8.24. The van der Waals surface area contributed by atoms with Crippen LogP contribution in [0.5, 0.6) is 0 Å². The summed E-state index contributed by atoms with van der Waals surface area (Å²) < 4.78 is 32.8. The number of carbonyl (C=O) groups excluding carboxylic acids is 1. The highest BCUT2D eigenvalue weighted by Gasteiger charge is 2.25. The second-order valence-corrected chi connectivity index (χ2v) is 8.11. The number of hydrogen-bond acceptors (Lipinski definition) is 4. The number of halogens is 1. The smallest absolute Gasteiger partial charge is 0.241 e. The van der Waals surface area contributed by atoms with Crippen LogP contribution in [-0.2, 0) is 26.0 Å². The minimum atomic E-state index is -3.87. The lowest BCUT2D eigenvalue weighted by Gasteiger charge is -2.19. The average Bonchev–Trinajstić information content (AvgIpc) is 2.65. The van der Waals surface area contributed by atoms with Gasteiger partial charge in [0.1, 0.15) is 6.04 Å². The summed E-state index contributed by atoms with van der Waals surface area (Å²) >= 11 is 5.82. The summed E-state index contributed by atoms with van der Waals surface area (Å²) in [5, 5.41) is 3.19. The molecule has 0 saturated carbocycles. The molecule has 1 unspecified atom stereocenters. The Bertz CT molecular complexity index is 827. The largest absolute Gasteiger partial charge is 0.385 e. The standard InChI is InChI=1S/C19H23ClN2O4S/c1-26-13-5-12-21-19(23)18(14-15-6-3-2-4-7-15)22-27(24,25)17-10-8-16(20)9-11-17/h2-4,6-11,18,22H,5,12-14H2,1H3,(H,21,23). The van der Waals surface area contributed by atoms with Crippen molar-refractivity contribution in [2.24, 2.45) is 0 Å². The van der Waals surface area contributed by atoms with E-state index in [9.17, 15) is 13.2 Å². The number of nitrogens with one attached hydrogen (secondary N) is 2. The zero-order valence-corrected chi connectivity index (χ0v) is 16.6. The van der Waals surface area contributed by atoms with Gasteiger partial charge in [-0.05, 0) is 42.7 Å². The van der Waals surface area contributed by atoms with Crippen molar-refractivity contribution in [1.82, 2.24) is 10.0 Å². The first kappa shape index (κ1) is 21.4. The number of hydrogen-bond donors (Lipinski definition) is 2. The first-order chi connectivity index (χ1) is 12.9. The molecule has 2 aromatic rings. The van der Waals surface area contributed by atoms with Gasteiger partial charge in [-0.2, -0.15) is 4.72 Å². The fourth-order valence-corrected chi connectivity index (χ4v) is 3.78. The van der Waals surface area contributed by atoms with Gasteiger partial charge in [0.15, 0.2) is 0 Å². The van der Waals surface area contributed by atoms with Gasteiger partial charge >= 0.3 is 0 Å². The van der Waals surface area contributed by atoms with Gasteiger partial charge in [-0.1, -0.05) is 41.9 Å². The monoisotopic (exact) mass is 410 g/mol. The van der Waals surface area contributed by atoms with Gasteiger partial charge in [0.05, 0.1) is 4.90 Å². The molecular formula is C19H23ClN2O4S. The van der Waals surface area contributed by atoms with Crippen LogP contribution in [0.4, 0.5) is 0 Å². The third-order valence-electron chi connectivity index (χ3n) is 3.84. The Labute approximate surface area is 164 Å². The summed E-state index contributed by atoms with van der Waals surface area (Å²) in [5.41, 5.74) is 0.855. The van der Waals surface area contributed by atoms with Crippen LogP contribution >= 0.6 is 11.6 Å². The van der Waals surface area contributed by atoms with Crippen LogP contribution in [0.3, 0.4) is 0 Å². The number of sulfonamides is 1. The SMILES string of the molecule is COCCCNC(=O)C(Cc1ccccc1)NS(=O)(=O)c1ccc(Cl)cc1. The Morgan fingerprint density at radius 1 is 1.11 bits per heavy atom. The molecule has 0 saturated heterocycles. The normalized spacial score (nSPS) is 12.5. The quantitative estimate of drug-likeness (QED) is 0.589. The predicted molar refractivity (Wildman–Crippen MR) is 105 cm³/mol. The number of rotatable bonds is 10. The maximum atomic E-state index is 12.7. The third kappa shape index (κ3) is 6.95. The molecule has 0 aliphatic heterocycles. The summed E-state index contributed by atoms with van der Waals surface area (Å²) in [6.45, 7) is 0.917. The molecular weight excluding hydrogens is 388 g/mol. The van der Waals surface area contributed by atoms with E-state index in [1.807, 2.05) is 30.3 Å². The van der Waals surface area contributed by atoms with E-state index in [4.69, 9.17) is 16.3 Å². The molecule has 2 N–H and O–H groups in total. The summed E-state index contributed by atoms with van der Waals surface area (Å²) in [6.07, 6.45) is 0.883. The zero-order chi connectivity index (χ0) is 19.7. The lowest BCUT2D eigenvalue weighted by molar-refractivity contribution is -0.122. The molecule has 146 valence electrons. The molecule has 0 spiro atoms. The second kappa shape index (κ2) is 10.4. The van der Waals surface area contributed by atoms with Crippen molar-refractivity contribution < 1.29 is 17.9 Å². The molecule has 1 amide bonds. The topological polar surface area (TPSA) is 84.5 Å². The van der Waals surface area contributed by atoms with E-state index in [-0.39, 0.29) is 17.2 Å². The number of benzene rings is 2. The van der Waals surface area contributed by atoms with Crippen LogP contribution in [0, 0.1) is 0 Å². The first-order valence-electron chi connectivity index (χ1n) is 8.51. The molecule has 2 aromatic carbocycles. The second-order valence-electron chi connectivity index (χ2n) is 5.95. The van der Waals surface area contributed by atoms with E-state index in [0.29, 0.717) is 24.6 Å². The van der Waals surface area contributed by atoms with Crippen molar-refractivity contribution >= 4 is 27.5 Å². The predicted octanol–water partition coefficient (Wildman–Crippen LogP) is 2.38. The van der Waals surface area contributed by atoms with Gasteiger partial charge < -0.3 is 10.1 Å². The van der Waals surface area contributed by atoms with Crippen LogP contribution in [0.15, 0.2) is 59.5 Å². The van der Waals surface area contributed by atoms with E-state index < -0.39 is 16.1 Å². The van der Waals surface area contributed by atoms with Gasteiger partial charge in [-0.25, -0.2) is 8.42 Å². The third-order valence-corrected chi connectivity index (χ3v) is 5.58. The number of amides is 1. The summed E-state index contributed by atoms with van der Waals surface area (Å²) in [6, 6.07) is 14.1. The number of ether oxygens (including phenoxy) is 1. The van der Waals surface area contributed by atoms with Crippen LogP contribution < -0.4 is 10.0 Å². The Morgan fingerprint density at radius 2 is 1.78 bits per heavy atom. The molecule has 8 heteroatoms. The highest BCUT2D eigenvalue weighted by molar-refractivity contribution is 7.89. The minimum absolute atomic E-state index is 0.0529. The molecule has 0 radical (unpaired) electrons. The Hall–Kier alpha value is -1.93. The zero-order valence-electron chi connectivity index (χ0n) is 15.0. The fraction of sp³-hybridized carbons (Fsp3) is 0.316. The van der Waals surface area contributed by atoms with Crippen molar-refractivity contribution in [3.8, 4) is 0 Å². The molecule has 0 aliphatic rings. The number of carbonyl (C=O) groups is 1. The van der Waals surface area contributed by atoms with Gasteiger partial charge in [0.25, 0.3) is 0 Å². The Morgan fingerprint density at radius 3 is 2.41 bits per heavy atom. The highest BCUT2D eigenvalue weighted by Crippen LogP contribution is 2.15. The molecule has 0 aromatic heterocycles. The highest BCUT2D eigenvalue weighted by atomic mass is 35.5. The van der Waals surface area contributed by atoms with Crippen LogP contribution in [-0.4, -0.2) is 40.6 Å². The molecule has 0 fully saturated rings. The van der Waals surface area contributed by atoms with E-state index >= 15 is 0 Å². The summed E-state index contributed by atoms with van der Waals surface area (Å²) in [7, 11) is -2.29. The van der Waals surface area contributed by atoms with Crippen molar-refractivity contribution in [2.75, 3.05) is 20.3 Å². The van der Waals surface area contributed by atoms with Gasteiger partial charge in [-0.3, -0.25) is 4.79 Å². The van der Waals surface area contributed by atoms with E-state index in [0.717, 1.165) is 5.56 Å². The molecule has 0 bridgehead atoms. The fourth-order valence-electron chi connectivity index (χ4n) is 2.46.